The van der Waals surface area contributed by atoms with Crippen molar-refractivity contribution in [3.05, 3.63) is 71.9 Å². The van der Waals surface area contributed by atoms with Crippen molar-refractivity contribution in [1.82, 2.24) is 10.1 Å². The average Bonchev–Trinajstić information content (AvgIpc) is 3.02. The van der Waals surface area contributed by atoms with Gasteiger partial charge in [0.1, 0.15) is 11.5 Å². The third kappa shape index (κ3) is 3.63. The highest BCUT2D eigenvalue weighted by atomic mass is 16.5. The highest BCUT2D eigenvalue weighted by Crippen LogP contribution is 2.18. The third-order valence-corrected chi connectivity index (χ3v) is 3.14. The van der Waals surface area contributed by atoms with Crippen LogP contribution in [0.5, 0.6) is 11.5 Å². The number of benzene rings is 2. The Hall–Kier alpha value is -2.82. The molecule has 0 saturated carbocycles. The van der Waals surface area contributed by atoms with Crippen molar-refractivity contribution in [3.8, 4) is 11.5 Å². The second kappa shape index (κ2) is 6.76. The Morgan fingerprint density at radius 3 is 2.41 bits per heavy atom. The van der Waals surface area contributed by atoms with Crippen LogP contribution >= 0.6 is 0 Å². The fourth-order valence-electron chi connectivity index (χ4n) is 2.01. The summed E-state index contributed by atoms with van der Waals surface area (Å²) in [5.41, 5.74) is 1.13. The molecule has 0 radical (unpaired) electrons. The minimum Gasteiger partial charge on any atom is -0.497 e. The smallest absolute Gasteiger partial charge is 0.231 e. The normalized spacial score (nSPS) is 10.4. The molecule has 5 nitrogen and oxygen atoms in total. The van der Waals surface area contributed by atoms with E-state index in [0.717, 1.165) is 17.1 Å². The first-order valence-corrected chi connectivity index (χ1v) is 6.96. The highest BCUT2D eigenvalue weighted by Gasteiger charge is 2.08. The zero-order valence-corrected chi connectivity index (χ0v) is 12.2. The van der Waals surface area contributed by atoms with E-state index in [0.29, 0.717) is 18.1 Å². The molecule has 0 unspecified atom stereocenters. The van der Waals surface area contributed by atoms with Crippen LogP contribution in [0.2, 0.25) is 0 Å². The first-order chi connectivity index (χ1) is 10.8. The van der Waals surface area contributed by atoms with Crippen LogP contribution in [0.3, 0.4) is 0 Å². The van der Waals surface area contributed by atoms with E-state index in [9.17, 15) is 0 Å². The summed E-state index contributed by atoms with van der Waals surface area (Å²) in [6, 6.07) is 17.4. The number of aromatic nitrogens is 2. The SMILES string of the molecule is COc1ccc(OCc2noc(Cc3ccccc3)n2)cc1. The van der Waals surface area contributed by atoms with E-state index in [-0.39, 0.29) is 6.61 Å². The number of hydrogen-bond acceptors (Lipinski definition) is 5. The molecular formula is C17H16N2O3. The van der Waals surface area contributed by atoms with E-state index >= 15 is 0 Å². The number of hydrogen-bond donors (Lipinski definition) is 0. The Morgan fingerprint density at radius 2 is 1.68 bits per heavy atom. The predicted molar refractivity (Wildman–Crippen MR) is 80.9 cm³/mol. The zero-order valence-electron chi connectivity index (χ0n) is 12.2. The lowest BCUT2D eigenvalue weighted by Crippen LogP contribution is -1.98. The summed E-state index contributed by atoms with van der Waals surface area (Å²) in [5, 5.41) is 3.93. The van der Waals surface area contributed by atoms with Gasteiger partial charge in [0.2, 0.25) is 11.7 Å². The Bertz CT molecular complexity index is 708. The maximum Gasteiger partial charge on any atom is 0.231 e. The van der Waals surface area contributed by atoms with Gasteiger partial charge in [0.25, 0.3) is 0 Å². The number of nitrogens with zero attached hydrogens (tertiary/aromatic N) is 2. The molecular weight excluding hydrogens is 280 g/mol. The van der Waals surface area contributed by atoms with Gasteiger partial charge in [-0.3, -0.25) is 0 Å². The molecule has 1 heterocycles. The molecule has 0 atom stereocenters. The molecule has 0 bridgehead atoms. The van der Waals surface area contributed by atoms with Crippen molar-refractivity contribution >= 4 is 0 Å². The topological polar surface area (TPSA) is 57.4 Å². The number of methoxy groups -OCH3 is 1. The van der Waals surface area contributed by atoms with Gasteiger partial charge in [-0.05, 0) is 29.8 Å². The lowest BCUT2D eigenvalue weighted by Gasteiger charge is -2.04. The van der Waals surface area contributed by atoms with Crippen molar-refractivity contribution in [2.24, 2.45) is 0 Å². The summed E-state index contributed by atoms with van der Waals surface area (Å²) in [6.45, 7) is 0.268. The average molecular weight is 296 g/mol. The quantitative estimate of drug-likeness (QED) is 0.699. The second-order valence-electron chi connectivity index (χ2n) is 4.73. The fourth-order valence-corrected chi connectivity index (χ4v) is 2.01. The monoisotopic (exact) mass is 296 g/mol. The van der Waals surface area contributed by atoms with Crippen molar-refractivity contribution in [2.45, 2.75) is 13.0 Å². The molecule has 22 heavy (non-hydrogen) atoms. The van der Waals surface area contributed by atoms with Gasteiger partial charge in [0.05, 0.1) is 13.5 Å². The van der Waals surface area contributed by atoms with Crippen LogP contribution in [0.15, 0.2) is 59.1 Å². The van der Waals surface area contributed by atoms with Crippen LogP contribution in [0.1, 0.15) is 17.3 Å². The maximum absolute atomic E-state index is 5.61. The van der Waals surface area contributed by atoms with Gasteiger partial charge >= 0.3 is 0 Å². The predicted octanol–water partition coefficient (Wildman–Crippen LogP) is 3.25. The van der Waals surface area contributed by atoms with Gasteiger partial charge < -0.3 is 14.0 Å². The molecule has 0 saturated heterocycles. The summed E-state index contributed by atoms with van der Waals surface area (Å²) in [7, 11) is 1.63. The van der Waals surface area contributed by atoms with E-state index in [2.05, 4.69) is 10.1 Å². The van der Waals surface area contributed by atoms with Crippen LogP contribution in [-0.2, 0) is 13.0 Å². The van der Waals surface area contributed by atoms with Crippen LogP contribution in [-0.4, -0.2) is 17.3 Å². The van der Waals surface area contributed by atoms with Crippen molar-refractivity contribution < 1.29 is 14.0 Å². The molecule has 3 aromatic rings. The molecule has 3 rings (SSSR count). The largest absolute Gasteiger partial charge is 0.497 e. The Kier molecular flexibility index (Phi) is 4.34. The molecule has 0 aliphatic heterocycles. The van der Waals surface area contributed by atoms with E-state index in [1.165, 1.54) is 0 Å². The molecule has 0 aliphatic carbocycles. The van der Waals surface area contributed by atoms with Gasteiger partial charge in [-0.25, -0.2) is 0 Å². The van der Waals surface area contributed by atoms with Crippen molar-refractivity contribution in [1.29, 1.82) is 0 Å². The van der Waals surface area contributed by atoms with Crippen LogP contribution in [0.4, 0.5) is 0 Å². The van der Waals surface area contributed by atoms with Crippen molar-refractivity contribution in [2.75, 3.05) is 7.11 Å². The first-order valence-electron chi connectivity index (χ1n) is 6.96. The van der Waals surface area contributed by atoms with E-state index in [1.807, 2.05) is 54.6 Å². The van der Waals surface area contributed by atoms with Crippen LogP contribution in [0.25, 0.3) is 0 Å². The van der Waals surface area contributed by atoms with Gasteiger partial charge in [0, 0.05) is 0 Å². The van der Waals surface area contributed by atoms with Gasteiger partial charge in [-0.1, -0.05) is 35.5 Å². The van der Waals surface area contributed by atoms with Crippen LogP contribution < -0.4 is 9.47 Å². The van der Waals surface area contributed by atoms with Gasteiger partial charge in [0.15, 0.2) is 6.61 Å². The van der Waals surface area contributed by atoms with E-state index < -0.39 is 0 Å². The molecule has 1 aromatic heterocycles. The number of ether oxygens (including phenoxy) is 2. The first kappa shape index (κ1) is 14.1. The fraction of sp³-hybridized carbons (Fsp3) is 0.176. The van der Waals surface area contributed by atoms with Gasteiger partial charge in [-0.2, -0.15) is 4.98 Å². The molecule has 0 spiro atoms. The summed E-state index contributed by atoms with van der Waals surface area (Å²) in [4.78, 5) is 4.33. The van der Waals surface area contributed by atoms with E-state index in [1.54, 1.807) is 7.11 Å². The summed E-state index contributed by atoms with van der Waals surface area (Å²) in [6.07, 6.45) is 0.621. The maximum atomic E-state index is 5.61. The van der Waals surface area contributed by atoms with Gasteiger partial charge in [-0.15, -0.1) is 0 Å². The lowest BCUT2D eigenvalue weighted by atomic mass is 10.1. The summed E-state index contributed by atoms with van der Waals surface area (Å²) < 4.78 is 15.9. The highest BCUT2D eigenvalue weighted by molar-refractivity contribution is 5.31. The Morgan fingerprint density at radius 1 is 0.955 bits per heavy atom. The minimum absolute atomic E-state index is 0.268. The molecule has 2 aromatic carbocycles. The lowest BCUT2D eigenvalue weighted by molar-refractivity contribution is 0.285. The Balaban J connectivity index is 1.57. The van der Waals surface area contributed by atoms with Crippen molar-refractivity contribution in [3.63, 3.8) is 0 Å². The van der Waals surface area contributed by atoms with E-state index in [4.69, 9.17) is 14.0 Å². The molecule has 0 fully saturated rings. The molecule has 5 heteroatoms. The standard InChI is InChI=1S/C17H16N2O3/c1-20-14-7-9-15(10-8-14)21-12-16-18-17(22-19-16)11-13-5-3-2-4-6-13/h2-10H,11-12H2,1H3. The molecule has 0 aliphatic rings. The summed E-state index contributed by atoms with van der Waals surface area (Å²) >= 11 is 0. The second-order valence-corrected chi connectivity index (χ2v) is 4.73. The Labute approximate surface area is 128 Å². The molecule has 0 N–H and O–H groups in total. The zero-order chi connectivity index (χ0) is 15.2. The van der Waals surface area contributed by atoms with Crippen LogP contribution in [0, 0.1) is 0 Å². The molecule has 112 valence electrons. The third-order valence-electron chi connectivity index (χ3n) is 3.14. The summed E-state index contributed by atoms with van der Waals surface area (Å²) in [5.74, 6) is 2.63. The molecule has 0 amide bonds. The number of rotatable bonds is 6. The minimum atomic E-state index is 0.268.